The molecule has 0 aliphatic carbocycles. The minimum Gasteiger partial charge on any atom is -0.478 e. The molecule has 0 saturated carbocycles. The highest BCUT2D eigenvalue weighted by Crippen LogP contribution is 2.16. The van der Waals surface area contributed by atoms with E-state index < -0.39 is 5.97 Å². The van der Waals surface area contributed by atoms with Crippen LogP contribution in [-0.4, -0.2) is 46.1 Å². The summed E-state index contributed by atoms with van der Waals surface area (Å²) in [6.45, 7) is 3.10. The molecule has 0 bridgehead atoms. The number of rotatable bonds is 4. The fraction of sp³-hybridized carbons (Fsp3) is 0.429. The van der Waals surface area contributed by atoms with Crippen LogP contribution in [0, 0.1) is 0 Å². The average Bonchev–Trinajstić information content (AvgIpc) is 2.46. The number of hydrogen-bond donors (Lipinski definition) is 2. The monoisotopic (exact) mass is 290 g/mol. The lowest BCUT2D eigenvalue weighted by Gasteiger charge is -2.32. The van der Waals surface area contributed by atoms with E-state index >= 15 is 0 Å². The van der Waals surface area contributed by atoms with E-state index in [1.807, 2.05) is 0 Å². The van der Waals surface area contributed by atoms with Crippen molar-refractivity contribution >= 4 is 23.9 Å². The maximum absolute atomic E-state index is 11.0. The lowest BCUT2D eigenvalue weighted by molar-refractivity contribution is -0.131. The van der Waals surface area contributed by atoms with Crippen molar-refractivity contribution < 1.29 is 14.7 Å². The summed E-state index contributed by atoms with van der Waals surface area (Å²) in [5.41, 5.74) is 0.647. The lowest BCUT2D eigenvalue weighted by atomic mass is 10.1. The number of carboxylic acids is 1. The molecule has 0 atom stereocenters. The Morgan fingerprint density at radius 2 is 1.95 bits per heavy atom. The van der Waals surface area contributed by atoms with Crippen LogP contribution < -0.4 is 10.2 Å². The van der Waals surface area contributed by atoms with Gasteiger partial charge in [-0.05, 0) is 18.9 Å². The Hall–Kier alpha value is -2.44. The van der Waals surface area contributed by atoms with Crippen molar-refractivity contribution in [1.82, 2.24) is 15.3 Å². The molecule has 21 heavy (non-hydrogen) atoms. The first-order chi connectivity index (χ1) is 10.0. The van der Waals surface area contributed by atoms with Gasteiger partial charge in [-0.25, -0.2) is 14.8 Å². The third kappa shape index (κ3) is 4.55. The van der Waals surface area contributed by atoms with E-state index in [4.69, 9.17) is 5.11 Å². The molecule has 1 aliphatic rings. The minimum absolute atomic E-state index is 0.000675. The van der Waals surface area contributed by atoms with Crippen LogP contribution in [0.3, 0.4) is 0 Å². The predicted molar refractivity (Wildman–Crippen MR) is 77.8 cm³/mol. The molecule has 1 aromatic heterocycles. The van der Waals surface area contributed by atoms with Gasteiger partial charge in [-0.2, -0.15) is 0 Å². The molecular formula is C14H18N4O3. The Balaban J connectivity index is 1.92. The summed E-state index contributed by atoms with van der Waals surface area (Å²) in [6, 6.07) is 0.219. The second-order valence-corrected chi connectivity index (χ2v) is 4.95. The number of piperidine rings is 1. The summed E-state index contributed by atoms with van der Waals surface area (Å²) in [4.78, 5) is 32.0. The quantitative estimate of drug-likeness (QED) is 0.792. The van der Waals surface area contributed by atoms with Crippen LogP contribution in [0.15, 0.2) is 18.5 Å². The zero-order valence-corrected chi connectivity index (χ0v) is 11.8. The second-order valence-electron chi connectivity index (χ2n) is 4.95. The van der Waals surface area contributed by atoms with Gasteiger partial charge in [0.2, 0.25) is 11.9 Å². The van der Waals surface area contributed by atoms with Crippen molar-refractivity contribution in [2.24, 2.45) is 0 Å². The summed E-state index contributed by atoms with van der Waals surface area (Å²) in [5, 5.41) is 11.5. The van der Waals surface area contributed by atoms with Crippen molar-refractivity contribution in [3.8, 4) is 0 Å². The fourth-order valence-corrected chi connectivity index (χ4v) is 2.26. The topological polar surface area (TPSA) is 95.4 Å². The Bertz CT molecular complexity index is 534. The van der Waals surface area contributed by atoms with Gasteiger partial charge in [0.25, 0.3) is 0 Å². The summed E-state index contributed by atoms with van der Waals surface area (Å²) < 4.78 is 0. The smallest absolute Gasteiger partial charge is 0.328 e. The molecule has 2 rings (SSSR count). The van der Waals surface area contributed by atoms with Crippen LogP contribution in [0.2, 0.25) is 0 Å². The molecule has 2 N–H and O–H groups in total. The maximum Gasteiger partial charge on any atom is 0.328 e. The molecule has 0 unspecified atom stereocenters. The molecule has 1 aliphatic heterocycles. The van der Waals surface area contributed by atoms with Gasteiger partial charge in [0, 0.05) is 50.1 Å². The number of carbonyl (C=O) groups excluding carboxylic acids is 1. The van der Waals surface area contributed by atoms with Crippen molar-refractivity contribution in [3.05, 3.63) is 24.0 Å². The third-order valence-corrected chi connectivity index (χ3v) is 3.26. The first-order valence-electron chi connectivity index (χ1n) is 6.79. The number of nitrogens with one attached hydrogen (secondary N) is 1. The zero-order chi connectivity index (χ0) is 15.2. The molecule has 0 radical (unpaired) electrons. The standard InChI is InChI=1S/C14H18N4O3/c1-10(19)17-12-4-6-18(7-5-12)14-15-8-11(9-16-14)2-3-13(20)21/h2-3,8-9,12H,4-7H2,1H3,(H,17,19)(H,20,21)/b3-2+. The summed E-state index contributed by atoms with van der Waals surface area (Å²) in [7, 11) is 0. The summed E-state index contributed by atoms with van der Waals surface area (Å²) in [6.07, 6.45) is 7.43. The third-order valence-electron chi connectivity index (χ3n) is 3.26. The SMILES string of the molecule is CC(=O)NC1CCN(c2ncc(/C=C/C(=O)O)cn2)CC1. The van der Waals surface area contributed by atoms with Gasteiger partial charge in [-0.1, -0.05) is 0 Å². The van der Waals surface area contributed by atoms with Gasteiger partial charge in [0.05, 0.1) is 0 Å². The molecular weight excluding hydrogens is 272 g/mol. The fourth-order valence-electron chi connectivity index (χ4n) is 2.26. The molecule has 7 heteroatoms. The number of carbonyl (C=O) groups is 2. The number of aromatic nitrogens is 2. The van der Waals surface area contributed by atoms with E-state index in [1.54, 1.807) is 12.4 Å². The Morgan fingerprint density at radius 1 is 1.33 bits per heavy atom. The van der Waals surface area contributed by atoms with Crippen LogP contribution in [0.4, 0.5) is 5.95 Å². The van der Waals surface area contributed by atoms with E-state index in [0.29, 0.717) is 11.5 Å². The van der Waals surface area contributed by atoms with Crippen molar-refractivity contribution in [3.63, 3.8) is 0 Å². The van der Waals surface area contributed by atoms with Gasteiger partial charge in [0.1, 0.15) is 0 Å². The number of carboxylic acid groups (broad SMARTS) is 1. The number of nitrogens with zero attached hydrogens (tertiary/aromatic N) is 3. The largest absolute Gasteiger partial charge is 0.478 e. The van der Waals surface area contributed by atoms with Crippen LogP contribution >= 0.6 is 0 Å². The summed E-state index contributed by atoms with van der Waals surface area (Å²) in [5.74, 6) is -0.373. The second kappa shape index (κ2) is 6.83. The van der Waals surface area contributed by atoms with Crippen molar-refractivity contribution in [2.75, 3.05) is 18.0 Å². The molecule has 1 aromatic rings. The molecule has 112 valence electrons. The van der Waals surface area contributed by atoms with Crippen LogP contribution in [0.1, 0.15) is 25.3 Å². The van der Waals surface area contributed by atoms with E-state index in [-0.39, 0.29) is 11.9 Å². The van der Waals surface area contributed by atoms with Crippen LogP contribution in [0.5, 0.6) is 0 Å². The first-order valence-corrected chi connectivity index (χ1v) is 6.79. The molecule has 1 fully saturated rings. The molecule has 1 amide bonds. The van der Waals surface area contributed by atoms with Gasteiger partial charge in [0.15, 0.2) is 0 Å². The lowest BCUT2D eigenvalue weighted by Crippen LogP contribution is -2.44. The number of hydrogen-bond acceptors (Lipinski definition) is 5. The highest BCUT2D eigenvalue weighted by molar-refractivity contribution is 5.85. The molecule has 0 spiro atoms. The first kappa shape index (κ1) is 15.0. The van der Waals surface area contributed by atoms with Crippen molar-refractivity contribution in [2.45, 2.75) is 25.8 Å². The molecule has 7 nitrogen and oxygen atoms in total. The van der Waals surface area contributed by atoms with Crippen LogP contribution in [0.25, 0.3) is 6.08 Å². The highest BCUT2D eigenvalue weighted by atomic mass is 16.4. The number of amides is 1. The summed E-state index contributed by atoms with van der Waals surface area (Å²) >= 11 is 0. The Morgan fingerprint density at radius 3 is 2.48 bits per heavy atom. The van der Waals surface area contributed by atoms with Crippen molar-refractivity contribution in [1.29, 1.82) is 0 Å². The number of anilines is 1. The highest BCUT2D eigenvalue weighted by Gasteiger charge is 2.21. The van der Waals surface area contributed by atoms with Gasteiger partial charge in [-0.3, -0.25) is 4.79 Å². The van der Waals surface area contributed by atoms with E-state index in [2.05, 4.69) is 20.2 Å². The maximum atomic E-state index is 11.0. The van der Waals surface area contributed by atoms with Gasteiger partial charge < -0.3 is 15.3 Å². The van der Waals surface area contributed by atoms with Crippen LogP contribution in [-0.2, 0) is 9.59 Å². The molecule has 1 saturated heterocycles. The van der Waals surface area contributed by atoms with E-state index in [0.717, 1.165) is 32.0 Å². The zero-order valence-electron chi connectivity index (χ0n) is 11.8. The number of aliphatic carboxylic acids is 1. The van der Waals surface area contributed by atoms with E-state index in [1.165, 1.54) is 13.0 Å². The predicted octanol–water partition coefficient (Wildman–Crippen LogP) is 0.679. The molecule has 2 heterocycles. The van der Waals surface area contributed by atoms with Gasteiger partial charge >= 0.3 is 5.97 Å². The Kier molecular flexibility index (Phi) is 4.86. The average molecular weight is 290 g/mol. The molecule has 0 aromatic carbocycles. The normalized spacial score (nSPS) is 16.1. The Labute approximate surface area is 122 Å². The van der Waals surface area contributed by atoms with E-state index in [9.17, 15) is 9.59 Å². The minimum atomic E-state index is -1.00. The van der Waals surface area contributed by atoms with Gasteiger partial charge in [-0.15, -0.1) is 0 Å².